The number of rotatable bonds is 3. The Balaban J connectivity index is 1.31. The zero-order valence-corrected chi connectivity index (χ0v) is 19.1. The number of carbonyl (C=O) groups excluding carboxylic acids is 1. The van der Waals surface area contributed by atoms with E-state index in [4.69, 9.17) is 16.3 Å². The van der Waals surface area contributed by atoms with Gasteiger partial charge in [0.1, 0.15) is 6.10 Å². The van der Waals surface area contributed by atoms with Gasteiger partial charge in [0.2, 0.25) is 0 Å². The lowest BCUT2D eigenvalue weighted by molar-refractivity contribution is -0.145. The topological polar surface area (TPSA) is 49.8 Å². The van der Waals surface area contributed by atoms with Gasteiger partial charge in [0.15, 0.2) is 0 Å². The first-order valence-corrected chi connectivity index (χ1v) is 12.0. The zero-order chi connectivity index (χ0) is 21.8. The molecule has 0 unspecified atom stereocenters. The number of nitrogens with zero attached hydrogens (tertiary/aromatic N) is 1. The quantitative estimate of drug-likeness (QED) is 0.545. The van der Waals surface area contributed by atoms with Crippen molar-refractivity contribution in [2.75, 3.05) is 19.6 Å². The number of aliphatic hydroxyl groups excluding tert-OH is 1. The number of allylic oxidation sites excluding steroid dienone is 1. The number of benzene rings is 1. The minimum atomic E-state index is -0.533. The number of halogens is 1. The predicted molar refractivity (Wildman–Crippen MR) is 123 cm³/mol. The Morgan fingerprint density at radius 2 is 2.03 bits per heavy atom. The van der Waals surface area contributed by atoms with E-state index in [-0.39, 0.29) is 29.3 Å². The molecule has 2 heterocycles. The summed E-state index contributed by atoms with van der Waals surface area (Å²) < 4.78 is 5.83. The highest BCUT2D eigenvalue weighted by Crippen LogP contribution is 2.56. The number of hydrogen-bond donors (Lipinski definition) is 1. The van der Waals surface area contributed by atoms with Crippen molar-refractivity contribution in [2.24, 2.45) is 23.2 Å². The van der Waals surface area contributed by atoms with Crippen LogP contribution < -0.4 is 0 Å². The van der Waals surface area contributed by atoms with Crippen LogP contribution in [0.3, 0.4) is 0 Å². The number of aliphatic hydroxyl groups is 1. The van der Waals surface area contributed by atoms with Gasteiger partial charge in [-0.25, -0.2) is 0 Å². The maximum atomic E-state index is 12.9. The summed E-state index contributed by atoms with van der Waals surface area (Å²) in [6.07, 6.45) is 7.72. The standard InChI is InChI=1S/C26H32ClNO3/c1-16-4-3-5-19-14-22-23(24(29)26(16,19)2)21(25(30)31-22)15-28-12-10-18(11-13-28)17-6-8-20(27)9-7-17/h5-10,16,21-24,29H,3-4,11-15H2,1-2H3/t16-,21+,22+,23-,24-,26+/m0/s1. The number of carbonyl (C=O) groups is 1. The Labute approximate surface area is 189 Å². The van der Waals surface area contributed by atoms with Crippen LogP contribution in [0.5, 0.6) is 0 Å². The van der Waals surface area contributed by atoms with E-state index in [1.807, 2.05) is 12.1 Å². The van der Waals surface area contributed by atoms with Crippen molar-refractivity contribution in [3.63, 3.8) is 0 Å². The van der Waals surface area contributed by atoms with Crippen LogP contribution in [0.4, 0.5) is 0 Å². The third-order valence-electron chi connectivity index (χ3n) is 8.53. The molecule has 5 heteroatoms. The van der Waals surface area contributed by atoms with Crippen LogP contribution >= 0.6 is 11.6 Å². The highest BCUT2D eigenvalue weighted by molar-refractivity contribution is 6.30. The highest BCUT2D eigenvalue weighted by Gasteiger charge is 2.59. The van der Waals surface area contributed by atoms with E-state index in [1.54, 1.807) is 0 Å². The summed E-state index contributed by atoms with van der Waals surface area (Å²) in [5.41, 5.74) is 3.60. The lowest BCUT2D eigenvalue weighted by atomic mass is 9.55. The van der Waals surface area contributed by atoms with E-state index in [0.717, 1.165) is 43.8 Å². The van der Waals surface area contributed by atoms with Crippen molar-refractivity contribution < 1.29 is 14.6 Å². The first-order valence-electron chi connectivity index (χ1n) is 11.6. The molecule has 4 aliphatic rings. The molecule has 1 N–H and O–H groups in total. The molecule has 0 aromatic heterocycles. The van der Waals surface area contributed by atoms with Gasteiger partial charge in [0.25, 0.3) is 0 Å². The maximum absolute atomic E-state index is 12.9. The summed E-state index contributed by atoms with van der Waals surface area (Å²) in [4.78, 5) is 15.2. The van der Waals surface area contributed by atoms with Crippen LogP contribution in [0.1, 0.15) is 45.1 Å². The van der Waals surface area contributed by atoms with Gasteiger partial charge < -0.3 is 9.84 Å². The van der Waals surface area contributed by atoms with Crippen molar-refractivity contribution in [1.82, 2.24) is 4.90 Å². The number of ether oxygens (including phenoxy) is 1. The Bertz CT molecular complexity index is 923. The molecule has 0 amide bonds. The summed E-state index contributed by atoms with van der Waals surface area (Å²) in [6.45, 7) is 6.83. The summed E-state index contributed by atoms with van der Waals surface area (Å²) in [5.74, 6) is -0.0773. The van der Waals surface area contributed by atoms with Crippen LogP contribution in [0.2, 0.25) is 5.02 Å². The van der Waals surface area contributed by atoms with E-state index in [0.29, 0.717) is 12.5 Å². The summed E-state index contributed by atoms with van der Waals surface area (Å²) >= 11 is 6.02. The maximum Gasteiger partial charge on any atom is 0.311 e. The van der Waals surface area contributed by atoms with E-state index < -0.39 is 6.10 Å². The third-order valence-corrected chi connectivity index (χ3v) is 8.79. The first-order chi connectivity index (χ1) is 14.9. The molecule has 1 saturated carbocycles. The monoisotopic (exact) mass is 441 g/mol. The molecular weight excluding hydrogens is 410 g/mol. The number of hydrogen-bond acceptors (Lipinski definition) is 4. The van der Waals surface area contributed by atoms with Crippen molar-refractivity contribution in [3.05, 3.63) is 52.6 Å². The summed E-state index contributed by atoms with van der Waals surface area (Å²) in [7, 11) is 0. The zero-order valence-electron chi connectivity index (χ0n) is 18.4. The summed E-state index contributed by atoms with van der Waals surface area (Å²) in [6, 6.07) is 7.99. The van der Waals surface area contributed by atoms with E-state index in [9.17, 15) is 9.90 Å². The van der Waals surface area contributed by atoms with E-state index in [2.05, 4.69) is 43.0 Å². The summed E-state index contributed by atoms with van der Waals surface area (Å²) in [5, 5.41) is 12.3. The molecule has 5 rings (SSSR count). The Morgan fingerprint density at radius 3 is 2.74 bits per heavy atom. The average Bonchev–Trinajstić information content (AvgIpc) is 3.07. The van der Waals surface area contributed by atoms with Crippen molar-refractivity contribution >= 4 is 23.1 Å². The molecule has 2 aliphatic carbocycles. The minimum Gasteiger partial charge on any atom is -0.461 e. The van der Waals surface area contributed by atoms with Gasteiger partial charge in [-0.3, -0.25) is 9.69 Å². The van der Waals surface area contributed by atoms with Gasteiger partial charge >= 0.3 is 5.97 Å². The average molecular weight is 442 g/mol. The second-order valence-corrected chi connectivity index (χ2v) is 10.5. The van der Waals surface area contributed by atoms with Crippen LogP contribution in [0, 0.1) is 23.2 Å². The molecule has 0 radical (unpaired) electrons. The van der Waals surface area contributed by atoms with Gasteiger partial charge in [-0.05, 0) is 48.4 Å². The second-order valence-electron chi connectivity index (χ2n) is 10.0. The number of esters is 1. The lowest BCUT2D eigenvalue weighted by Gasteiger charge is -2.52. The normalized spacial score (nSPS) is 38.1. The third kappa shape index (κ3) is 3.57. The van der Waals surface area contributed by atoms with Crippen molar-refractivity contribution in [1.29, 1.82) is 0 Å². The highest BCUT2D eigenvalue weighted by atomic mass is 35.5. The van der Waals surface area contributed by atoms with Crippen molar-refractivity contribution in [2.45, 2.75) is 51.7 Å². The van der Waals surface area contributed by atoms with Crippen LogP contribution in [0.15, 0.2) is 42.0 Å². The Kier molecular flexibility index (Phi) is 5.52. The Hall–Kier alpha value is -1.62. The van der Waals surface area contributed by atoms with Crippen LogP contribution in [-0.2, 0) is 9.53 Å². The molecular formula is C26H32ClNO3. The molecule has 2 fully saturated rings. The molecule has 1 saturated heterocycles. The lowest BCUT2D eigenvalue weighted by Crippen LogP contribution is -2.54. The largest absolute Gasteiger partial charge is 0.461 e. The molecule has 4 nitrogen and oxygen atoms in total. The van der Waals surface area contributed by atoms with Crippen LogP contribution in [0.25, 0.3) is 5.57 Å². The fraction of sp³-hybridized carbons (Fsp3) is 0.577. The fourth-order valence-electron chi connectivity index (χ4n) is 6.36. The minimum absolute atomic E-state index is 0.114. The molecule has 31 heavy (non-hydrogen) atoms. The van der Waals surface area contributed by atoms with Gasteiger partial charge in [0.05, 0.1) is 12.0 Å². The van der Waals surface area contributed by atoms with Crippen molar-refractivity contribution in [3.8, 4) is 0 Å². The van der Waals surface area contributed by atoms with Gasteiger partial charge in [-0.1, -0.05) is 55.3 Å². The molecule has 1 aromatic carbocycles. The van der Waals surface area contributed by atoms with Crippen LogP contribution in [-0.4, -0.2) is 47.8 Å². The second kappa shape index (κ2) is 8.06. The molecule has 1 aromatic rings. The molecule has 0 spiro atoms. The van der Waals surface area contributed by atoms with E-state index >= 15 is 0 Å². The molecule has 6 atom stereocenters. The predicted octanol–water partition coefficient (Wildman–Crippen LogP) is 4.71. The van der Waals surface area contributed by atoms with E-state index in [1.165, 1.54) is 16.7 Å². The van der Waals surface area contributed by atoms with Gasteiger partial charge in [-0.2, -0.15) is 0 Å². The first kappa shape index (κ1) is 21.2. The SMILES string of the molecule is C[C@H]1CCC=C2C[C@H]3OC(=O)[C@H](CN4CC=C(c5ccc(Cl)cc5)CC4)[C@@H]3[C@H](O)[C@@]21C. The molecule has 166 valence electrons. The molecule has 2 aliphatic heterocycles. The Morgan fingerprint density at radius 1 is 1.26 bits per heavy atom. The molecule has 0 bridgehead atoms. The van der Waals surface area contributed by atoms with Gasteiger partial charge in [-0.15, -0.1) is 0 Å². The van der Waals surface area contributed by atoms with Gasteiger partial charge in [0, 0.05) is 42.4 Å². The smallest absolute Gasteiger partial charge is 0.311 e. The number of fused-ring (bicyclic) bond motifs is 2. The fourth-order valence-corrected chi connectivity index (χ4v) is 6.48.